The highest BCUT2D eigenvalue weighted by molar-refractivity contribution is 14.0. The predicted molar refractivity (Wildman–Crippen MR) is 86.5 cm³/mol. The molecule has 0 heterocycles. The third-order valence-corrected chi connectivity index (χ3v) is 2.37. The van der Waals surface area contributed by atoms with Crippen LogP contribution in [0.3, 0.4) is 0 Å². The molecule has 0 bridgehead atoms. The van der Waals surface area contributed by atoms with Crippen LogP contribution in [0.4, 0.5) is 4.39 Å². The smallest absolute Gasteiger partial charge is 0.191 e. The molecule has 0 saturated heterocycles. The SMILES string of the molecule is CN=C(NCc1cccc(F)c1)NC(C)COC.I. The summed E-state index contributed by atoms with van der Waals surface area (Å²) in [5, 5.41) is 6.29. The summed E-state index contributed by atoms with van der Waals surface area (Å²) >= 11 is 0. The summed E-state index contributed by atoms with van der Waals surface area (Å²) in [6.07, 6.45) is 0. The van der Waals surface area contributed by atoms with Gasteiger partial charge in [0.25, 0.3) is 0 Å². The lowest BCUT2D eigenvalue weighted by Crippen LogP contribution is -2.43. The van der Waals surface area contributed by atoms with Crippen molar-refractivity contribution < 1.29 is 9.13 Å². The molecule has 0 aromatic heterocycles. The van der Waals surface area contributed by atoms with Gasteiger partial charge in [-0.05, 0) is 24.6 Å². The summed E-state index contributed by atoms with van der Waals surface area (Å²) in [7, 11) is 3.35. The van der Waals surface area contributed by atoms with Gasteiger partial charge in [-0.3, -0.25) is 4.99 Å². The fourth-order valence-electron chi connectivity index (χ4n) is 1.55. The number of guanidine groups is 1. The maximum Gasteiger partial charge on any atom is 0.191 e. The molecule has 0 aliphatic carbocycles. The van der Waals surface area contributed by atoms with E-state index in [0.29, 0.717) is 19.1 Å². The van der Waals surface area contributed by atoms with E-state index in [1.54, 1.807) is 20.2 Å². The first-order chi connectivity index (χ1) is 8.65. The van der Waals surface area contributed by atoms with Gasteiger partial charge in [0, 0.05) is 26.7 Å². The van der Waals surface area contributed by atoms with E-state index >= 15 is 0 Å². The van der Waals surface area contributed by atoms with E-state index in [-0.39, 0.29) is 35.8 Å². The van der Waals surface area contributed by atoms with Crippen molar-refractivity contribution in [3.05, 3.63) is 35.6 Å². The number of ether oxygens (including phenoxy) is 1. The van der Waals surface area contributed by atoms with Crippen molar-refractivity contribution >= 4 is 29.9 Å². The van der Waals surface area contributed by atoms with Gasteiger partial charge < -0.3 is 15.4 Å². The quantitative estimate of drug-likeness (QED) is 0.467. The van der Waals surface area contributed by atoms with Gasteiger partial charge in [-0.25, -0.2) is 4.39 Å². The van der Waals surface area contributed by atoms with Crippen LogP contribution in [0.15, 0.2) is 29.3 Å². The van der Waals surface area contributed by atoms with Crippen molar-refractivity contribution in [1.29, 1.82) is 0 Å². The second-order valence-corrected chi connectivity index (χ2v) is 4.06. The molecule has 2 N–H and O–H groups in total. The van der Waals surface area contributed by atoms with Crippen LogP contribution < -0.4 is 10.6 Å². The Morgan fingerprint density at radius 2 is 2.21 bits per heavy atom. The molecule has 1 aromatic carbocycles. The van der Waals surface area contributed by atoms with Crippen LogP contribution in [0.1, 0.15) is 12.5 Å². The molecule has 1 unspecified atom stereocenters. The van der Waals surface area contributed by atoms with Gasteiger partial charge in [0.15, 0.2) is 5.96 Å². The van der Waals surface area contributed by atoms with Crippen molar-refractivity contribution in [2.45, 2.75) is 19.5 Å². The average Bonchev–Trinajstić information content (AvgIpc) is 2.35. The first-order valence-electron chi connectivity index (χ1n) is 5.86. The van der Waals surface area contributed by atoms with Crippen LogP contribution in [0.25, 0.3) is 0 Å². The first kappa shape index (κ1) is 18.1. The summed E-state index contributed by atoms with van der Waals surface area (Å²) in [5.74, 6) is 0.439. The molecule has 0 aliphatic heterocycles. The highest BCUT2D eigenvalue weighted by Crippen LogP contribution is 2.02. The fraction of sp³-hybridized carbons (Fsp3) is 0.462. The van der Waals surface area contributed by atoms with E-state index in [0.717, 1.165) is 5.56 Å². The number of benzene rings is 1. The number of nitrogens with zero attached hydrogens (tertiary/aromatic N) is 1. The minimum atomic E-state index is -0.231. The molecule has 0 radical (unpaired) electrons. The van der Waals surface area contributed by atoms with E-state index in [2.05, 4.69) is 15.6 Å². The molecule has 0 spiro atoms. The Morgan fingerprint density at radius 3 is 2.79 bits per heavy atom. The molecular weight excluding hydrogens is 360 g/mol. The molecule has 1 aromatic rings. The van der Waals surface area contributed by atoms with Crippen LogP contribution in [0.5, 0.6) is 0 Å². The minimum Gasteiger partial charge on any atom is -0.383 e. The van der Waals surface area contributed by atoms with Crippen molar-refractivity contribution in [3.63, 3.8) is 0 Å². The third kappa shape index (κ3) is 7.31. The minimum absolute atomic E-state index is 0. The molecule has 0 amide bonds. The maximum absolute atomic E-state index is 13.0. The van der Waals surface area contributed by atoms with Crippen LogP contribution in [-0.2, 0) is 11.3 Å². The Morgan fingerprint density at radius 1 is 1.47 bits per heavy atom. The highest BCUT2D eigenvalue weighted by atomic mass is 127. The van der Waals surface area contributed by atoms with Crippen LogP contribution >= 0.6 is 24.0 Å². The molecule has 0 fully saturated rings. The maximum atomic E-state index is 13.0. The summed E-state index contributed by atoms with van der Waals surface area (Å²) in [4.78, 5) is 4.09. The fourth-order valence-corrected chi connectivity index (χ4v) is 1.55. The monoisotopic (exact) mass is 381 g/mol. The lowest BCUT2D eigenvalue weighted by atomic mass is 10.2. The number of hydrogen-bond donors (Lipinski definition) is 2. The van der Waals surface area contributed by atoms with E-state index in [1.807, 2.05) is 13.0 Å². The zero-order chi connectivity index (χ0) is 13.4. The molecule has 1 atom stereocenters. The van der Waals surface area contributed by atoms with Gasteiger partial charge >= 0.3 is 0 Å². The van der Waals surface area contributed by atoms with Crippen molar-refractivity contribution in [3.8, 4) is 0 Å². The number of hydrogen-bond acceptors (Lipinski definition) is 2. The summed E-state index contributed by atoms with van der Waals surface area (Å²) in [6.45, 7) is 3.12. The Labute approximate surface area is 130 Å². The zero-order valence-corrected chi connectivity index (χ0v) is 13.8. The number of rotatable bonds is 5. The van der Waals surface area contributed by atoms with Crippen LogP contribution in [0, 0.1) is 5.82 Å². The van der Waals surface area contributed by atoms with E-state index in [9.17, 15) is 4.39 Å². The molecular formula is C13H21FIN3O. The number of methoxy groups -OCH3 is 1. The van der Waals surface area contributed by atoms with Gasteiger partial charge in [0.1, 0.15) is 5.82 Å². The van der Waals surface area contributed by atoms with Crippen molar-refractivity contribution in [2.24, 2.45) is 4.99 Å². The van der Waals surface area contributed by atoms with Crippen molar-refractivity contribution in [2.75, 3.05) is 20.8 Å². The molecule has 19 heavy (non-hydrogen) atoms. The van der Waals surface area contributed by atoms with Crippen molar-refractivity contribution in [1.82, 2.24) is 10.6 Å². The Bertz CT molecular complexity index is 401. The summed E-state index contributed by atoms with van der Waals surface area (Å²) < 4.78 is 18.0. The lowest BCUT2D eigenvalue weighted by molar-refractivity contribution is 0.179. The molecule has 108 valence electrons. The Hall–Kier alpha value is -0.890. The normalized spacial score (nSPS) is 12.5. The summed E-state index contributed by atoms with van der Waals surface area (Å²) in [5.41, 5.74) is 0.873. The van der Waals surface area contributed by atoms with Gasteiger partial charge in [0.05, 0.1) is 6.61 Å². The van der Waals surface area contributed by atoms with E-state index in [1.165, 1.54) is 12.1 Å². The topological polar surface area (TPSA) is 45.7 Å². The Balaban J connectivity index is 0.00000324. The largest absolute Gasteiger partial charge is 0.383 e. The third-order valence-electron chi connectivity index (χ3n) is 2.37. The lowest BCUT2D eigenvalue weighted by Gasteiger charge is -2.17. The van der Waals surface area contributed by atoms with Crippen LogP contribution in [-0.4, -0.2) is 32.8 Å². The van der Waals surface area contributed by atoms with E-state index < -0.39 is 0 Å². The molecule has 1 rings (SSSR count). The Kier molecular flexibility index (Phi) is 9.50. The predicted octanol–water partition coefficient (Wildman–Crippen LogP) is 2.14. The molecule has 6 heteroatoms. The summed E-state index contributed by atoms with van der Waals surface area (Å²) in [6, 6.07) is 6.64. The second-order valence-electron chi connectivity index (χ2n) is 4.06. The van der Waals surface area contributed by atoms with Gasteiger partial charge in [-0.15, -0.1) is 24.0 Å². The van der Waals surface area contributed by atoms with E-state index in [4.69, 9.17) is 4.74 Å². The molecule has 0 aliphatic rings. The number of halogens is 2. The second kappa shape index (κ2) is 9.96. The molecule has 4 nitrogen and oxygen atoms in total. The number of nitrogens with one attached hydrogen (secondary N) is 2. The molecule has 0 saturated carbocycles. The zero-order valence-electron chi connectivity index (χ0n) is 11.4. The number of aliphatic imine (C=N–C) groups is 1. The van der Waals surface area contributed by atoms with Gasteiger partial charge in [-0.1, -0.05) is 12.1 Å². The standard InChI is InChI=1S/C13H20FN3O.HI/c1-10(9-18-3)17-13(15-2)16-8-11-5-4-6-12(14)7-11;/h4-7,10H,8-9H2,1-3H3,(H2,15,16,17);1H. The average molecular weight is 381 g/mol. The van der Waals surface area contributed by atoms with Gasteiger partial charge in [-0.2, -0.15) is 0 Å². The van der Waals surface area contributed by atoms with Crippen LogP contribution in [0.2, 0.25) is 0 Å². The highest BCUT2D eigenvalue weighted by Gasteiger charge is 2.04. The first-order valence-corrected chi connectivity index (χ1v) is 5.86. The van der Waals surface area contributed by atoms with Gasteiger partial charge in [0.2, 0.25) is 0 Å².